The summed E-state index contributed by atoms with van der Waals surface area (Å²) >= 11 is 1.80. The lowest BCUT2D eigenvalue weighted by Crippen LogP contribution is -1.86. The van der Waals surface area contributed by atoms with Crippen LogP contribution in [0.5, 0.6) is 5.75 Å². The third-order valence-corrected chi connectivity index (χ3v) is 4.79. The van der Waals surface area contributed by atoms with Gasteiger partial charge in [0.15, 0.2) is 0 Å². The summed E-state index contributed by atoms with van der Waals surface area (Å²) in [6.07, 6.45) is 0. The molecule has 0 radical (unpaired) electrons. The lowest BCUT2D eigenvalue weighted by atomic mass is 10.0. The highest BCUT2D eigenvalue weighted by Crippen LogP contribution is 2.36. The summed E-state index contributed by atoms with van der Waals surface area (Å²) in [5.41, 5.74) is 2.67. The van der Waals surface area contributed by atoms with Crippen LogP contribution in [0.3, 0.4) is 0 Å². The van der Waals surface area contributed by atoms with Gasteiger partial charge < -0.3 is 4.74 Å². The zero-order valence-corrected chi connectivity index (χ0v) is 13.3. The fraction of sp³-hybridized carbons (Fsp3) is 0.158. The Morgan fingerprint density at radius 2 is 1.52 bits per heavy atom. The van der Waals surface area contributed by atoms with Gasteiger partial charge in [0, 0.05) is 9.79 Å². The van der Waals surface area contributed by atoms with Crippen LogP contribution in [0.1, 0.15) is 11.1 Å². The molecular formula is C19H18OS. The Balaban J connectivity index is 2.04. The number of benzene rings is 3. The second kappa shape index (κ2) is 5.82. The van der Waals surface area contributed by atoms with Crippen molar-refractivity contribution in [2.24, 2.45) is 0 Å². The van der Waals surface area contributed by atoms with Crippen LogP contribution in [0.4, 0.5) is 0 Å². The number of methoxy groups -OCH3 is 1. The van der Waals surface area contributed by atoms with E-state index in [1.54, 1.807) is 18.9 Å². The molecule has 0 heterocycles. The van der Waals surface area contributed by atoms with Gasteiger partial charge >= 0.3 is 0 Å². The van der Waals surface area contributed by atoms with E-state index < -0.39 is 0 Å². The molecule has 0 aromatic heterocycles. The van der Waals surface area contributed by atoms with Crippen LogP contribution in [-0.4, -0.2) is 7.11 Å². The normalized spacial score (nSPS) is 10.8. The van der Waals surface area contributed by atoms with Gasteiger partial charge in [0.25, 0.3) is 0 Å². The van der Waals surface area contributed by atoms with E-state index in [4.69, 9.17) is 4.74 Å². The molecule has 0 spiro atoms. The zero-order chi connectivity index (χ0) is 14.8. The minimum Gasteiger partial charge on any atom is -0.497 e. The van der Waals surface area contributed by atoms with Gasteiger partial charge in [0.2, 0.25) is 0 Å². The number of hydrogen-bond donors (Lipinski definition) is 0. The topological polar surface area (TPSA) is 9.23 Å². The van der Waals surface area contributed by atoms with E-state index in [9.17, 15) is 0 Å². The van der Waals surface area contributed by atoms with Crippen LogP contribution >= 0.6 is 11.8 Å². The molecule has 0 aliphatic heterocycles. The molecule has 3 aromatic rings. The summed E-state index contributed by atoms with van der Waals surface area (Å²) in [5, 5.41) is 2.70. The van der Waals surface area contributed by atoms with Gasteiger partial charge in [-0.1, -0.05) is 36.0 Å². The van der Waals surface area contributed by atoms with Crippen LogP contribution in [0, 0.1) is 13.8 Å². The average molecular weight is 294 g/mol. The molecule has 2 heteroatoms. The Hall–Kier alpha value is -1.93. The molecule has 0 saturated heterocycles. The van der Waals surface area contributed by atoms with Gasteiger partial charge in [-0.05, 0) is 66.1 Å². The van der Waals surface area contributed by atoms with E-state index in [2.05, 4.69) is 56.3 Å². The van der Waals surface area contributed by atoms with Crippen LogP contribution in [0.15, 0.2) is 64.4 Å². The van der Waals surface area contributed by atoms with Crippen molar-refractivity contribution in [1.29, 1.82) is 0 Å². The Labute approximate surface area is 130 Å². The van der Waals surface area contributed by atoms with Gasteiger partial charge in [-0.3, -0.25) is 0 Å². The average Bonchev–Trinajstić information content (AvgIpc) is 2.51. The molecule has 0 atom stereocenters. The minimum absolute atomic E-state index is 0.893. The molecule has 3 rings (SSSR count). The van der Waals surface area contributed by atoms with Crippen molar-refractivity contribution < 1.29 is 4.74 Å². The quantitative estimate of drug-likeness (QED) is 0.620. The predicted octanol–water partition coefficient (Wildman–Crippen LogP) is 5.62. The number of aryl methyl sites for hydroxylation is 2. The van der Waals surface area contributed by atoms with Gasteiger partial charge in [-0.25, -0.2) is 0 Å². The largest absolute Gasteiger partial charge is 0.497 e. The summed E-state index contributed by atoms with van der Waals surface area (Å²) < 4.78 is 5.21. The highest BCUT2D eigenvalue weighted by molar-refractivity contribution is 7.99. The molecule has 0 amide bonds. The van der Waals surface area contributed by atoms with E-state index in [-0.39, 0.29) is 0 Å². The zero-order valence-electron chi connectivity index (χ0n) is 12.5. The maximum Gasteiger partial charge on any atom is 0.118 e. The molecule has 21 heavy (non-hydrogen) atoms. The van der Waals surface area contributed by atoms with Crippen LogP contribution in [0.2, 0.25) is 0 Å². The molecule has 1 nitrogen and oxygen atoms in total. The van der Waals surface area contributed by atoms with E-state index in [0.717, 1.165) is 5.75 Å². The Kier molecular flexibility index (Phi) is 3.89. The summed E-state index contributed by atoms with van der Waals surface area (Å²) in [5.74, 6) is 0.893. The van der Waals surface area contributed by atoms with Crippen LogP contribution in [-0.2, 0) is 0 Å². The van der Waals surface area contributed by atoms with E-state index in [1.807, 2.05) is 12.1 Å². The van der Waals surface area contributed by atoms with Crippen molar-refractivity contribution in [3.05, 3.63) is 65.7 Å². The summed E-state index contributed by atoms with van der Waals surface area (Å²) in [6, 6.07) is 19.2. The molecular weight excluding hydrogens is 276 g/mol. The third-order valence-electron chi connectivity index (χ3n) is 3.70. The molecule has 106 valence electrons. The van der Waals surface area contributed by atoms with Gasteiger partial charge in [0.1, 0.15) is 5.75 Å². The first-order chi connectivity index (χ1) is 10.2. The predicted molar refractivity (Wildman–Crippen MR) is 90.5 cm³/mol. The maximum absolute atomic E-state index is 5.21. The molecule has 0 N–H and O–H groups in total. The standard InChI is InChI=1S/C19H18OS/c1-13-5-4-6-17-18(12-7-14(2)19(13)17)21-16-10-8-15(20-3)9-11-16/h4-12H,1-3H3. The molecule has 0 unspecified atom stereocenters. The Morgan fingerprint density at radius 1 is 0.810 bits per heavy atom. The van der Waals surface area contributed by atoms with E-state index in [1.165, 1.54) is 31.7 Å². The van der Waals surface area contributed by atoms with E-state index >= 15 is 0 Å². The lowest BCUT2D eigenvalue weighted by Gasteiger charge is -2.11. The molecule has 0 aliphatic rings. The van der Waals surface area contributed by atoms with Crippen molar-refractivity contribution in [3.63, 3.8) is 0 Å². The van der Waals surface area contributed by atoms with Crippen molar-refractivity contribution in [2.45, 2.75) is 23.6 Å². The van der Waals surface area contributed by atoms with Gasteiger partial charge in [0.05, 0.1) is 7.11 Å². The number of ether oxygens (including phenoxy) is 1. The smallest absolute Gasteiger partial charge is 0.118 e. The minimum atomic E-state index is 0.893. The van der Waals surface area contributed by atoms with Crippen molar-refractivity contribution >= 4 is 22.5 Å². The first kappa shape index (κ1) is 14.0. The number of fused-ring (bicyclic) bond motifs is 1. The highest BCUT2D eigenvalue weighted by Gasteiger charge is 2.07. The number of rotatable bonds is 3. The number of hydrogen-bond acceptors (Lipinski definition) is 2. The van der Waals surface area contributed by atoms with Crippen molar-refractivity contribution in [1.82, 2.24) is 0 Å². The van der Waals surface area contributed by atoms with Crippen molar-refractivity contribution in [2.75, 3.05) is 7.11 Å². The fourth-order valence-corrected chi connectivity index (χ4v) is 3.57. The Morgan fingerprint density at radius 3 is 2.24 bits per heavy atom. The first-order valence-electron chi connectivity index (χ1n) is 7.00. The second-order valence-electron chi connectivity index (χ2n) is 5.16. The summed E-state index contributed by atoms with van der Waals surface area (Å²) in [4.78, 5) is 2.52. The Bertz CT molecular complexity index is 767. The monoisotopic (exact) mass is 294 g/mol. The van der Waals surface area contributed by atoms with Gasteiger partial charge in [-0.2, -0.15) is 0 Å². The molecule has 3 aromatic carbocycles. The maximum atomic E-state index is 5.21. The summed E-state index contributed by atoms with van der Waals surface area (Å²) in [6.45, 7) is 4.36. The third kappa shape index (κ3) is 2.77. The lowest BCUT2D eigenvalue weighted by molar-refractivity contribution is 0.414. The molecule has 0 fully saturated rings. The second-order valence-corrected chi connectivity index (χ2v) is 6.27. The fourth-order valence-electron chi connectivity index (χ4n) is 2.63. The highest BCUT2D eigenvalue weighted by atomic mass is 32.2. The van der Waals surface area contributed by atoms with Crippen LogP contribution in [0.25, 0.3) is 10.8 Å². The molecule has 0 saturated carbocycles. The SMILES string of the molecule is COc1ccc(Sc2ccc(C)c3c(C)cccc23)cc1. The van der Waals surface area contributed by atoms with Gasteiger partial charge in [-0.15, -0.1) is 0 Å². The molecule has 0 aliphatic carbocycles. The van der Waals surface area contributed by atoms with Crippen molar-refractivity contribution in [3.8, 4) is 5.75 Å². The van der Waals surface area contributed by atoms with Crippen LogP contribution < -0.4 is 4.74 Å². The molecule has 0 bridgehead atoms. The first-order valence-corrected chi connectivity index (χ1v) is 7.81. The summed E-state index contributed by atoms with van der Waals surface area (Å²) in [7, 11) is 1.69. The van der Waals surface area contributed by atoms with E-state index in [0.29, 0.717) is 0 Å².